The summed E-state index contributed by atoms with van der Waals surface area (Å²) in [5, 5.41) is 10.3. The van der Waals surface area contributed by atoms with E-state index in [4.69, 9.17) is 0 Å². The number of anilines is 2. The zero-order valence-electron chi connectivity index (χ0n) is 15.0. The molecule has 2 amide bonds. The molecule has 0 radical (unpaired) electrons. The van der Waals surface area contributed by atoms with Crippen molar-refractivity contribution in [3.8, 4) is 5.69 Å². The van der Waals surface area contributed by atoms with Crippen LogP contribution in [-0.4, -0.2) is 21.6 Å². The van der Waals surface area contributed by atoms with Gasteiger partial charge in [-0.1, -0.05) is 18.2 Å². The van der Waals surface area contributed by atoms with Crippen molar-refractivity contribution in [3.63, 3.8) is 0 Å². The van der Waals surface area contributed by atoms with Crippen molar-refractivity contribution in [1.29, 1.82) is 0 Å². The summed E-state index contributed by atoms with van der Waals surface area (Å²) in [5.74, 6) is 0.107. The van der Waals surface area contributed by atoms with Gasteiger partial charge in [-0.25, -0.2) is 4.68 Å². The predicted molar refractivity (Wildman–Crippen MR) is 104 cm³/mol. The average molecular weight is 360 g/mol. The molecule has 0 atom stereocenters. The Hall–Kier alpha value is -3.41. The Morgan fingerprint density at radius 2 is 1.59 bits per heavy atom. The molecule has 1 saturated carbocycles. The fourth-order valence-corrected chi connectivity index (χ4v) is 2.94. The summed E-state index contributed by atoms with van der Waals surface area (Å²) in [6.07, 6.45) is 2.24. The number of carbonyl (C=O) groups is 2. The van der Waals surface area contributed by atoms with Crippen molar-refractivity contribution in [2.24, 2.45) is 0 Å². The Labute approximate surface area is 157 Å². The molecule has 136 valence electrons. The fraction of sp³-hybridized carbons (Fsp3) is 0.190. The highest BCUT2D eigenvalue weighted by molar-refractivity contribution is 6.03. The maximum atomic E-state index is 12.9. The summed E-state index contributed by atoms with van der Waals surface area (Å²) in [5.41, 5.74) is 3.67. The van der Waals surface area contributed by atoms with Gasteiger partial charge in [0.15, 0.2) is 0 Å². The van der Waals surface area contributed by atoms with Crippen LogP contribution in [0.4, 0.5) is 11.4 Å². The van der Waals surface area contributed by atoms with E-state index in [1.807, 2.05) is 36.4 Å². The molecule has 0 saturated heterocycles. The van der Waals surface area contributed by atoms with Crippen molar-refractivity contribution in [2.45, 2.75) is 25.7 Å². The second-order valence-electron chi connectivity index (χ2n) is 6.69. The smallest absolute Gasteiger partial charge is 0.274 e. The van der Waals surface area contributed by atoms with E-state index in [1.54, 1.807) is 28.9 Å². The molecule has 1 aliphatic rings. The second-order valence-corrected chi connectivity index (χ2v) is 6.69. The lowest BCUT2D eigenvalue weighted by atomic mass is 10.2. The van der Waals surface area contributed by atoms with Gasteiger partial charge in [0.05, 0.1) is 11.4 Å². The lowest BCUT2D eigenvalue weighted by Gasteiger charge is -2.09. The Balaban J connectivity index is 1.58. The normalized spacial score (nSPS) is 13.2. The van der Waals surface area contributed by atoms with Crippen LogP contribution < -0.4 is 10.6 Å². The van der Waals surface area contributed by atoms with E-state index in [1.165, 1.54) is 6.92 Å². The summed E-state index contributed by atoms with van der Waals surface area (Å²) in [7, 11) is 0. The quantitative estimate of drug-likeness (QED) is 0.723. The molecular weight excluding hydrogens is 340 g/mol. The number of aromatic nitrogens is 2. The zero-order valence-corrected chi connectivity index (χ0v) is 15.0. The van der Waals surface area contributed by atoms with Gasteiger partial charge in [-0.2, -0.15) is 5.10 Å². The van der Waals surface area contributed by atoms with Crippen LogP contribution in [-0.2, 0) is 4.79 Å². The highest BCUT2D eigenvalue weighted by Crippen LogP contribution is 2.39. The highest BCUT2D eigenvalue weighted by atomic mass is 16.2. The topological polar surface area (TPSA) is 76.0 Å². The lowest BCUT2D eigenvalue weighted by Crippen LogP contribution is -2.17. The summed E-state index contributed by atoms with van der Waals surface area (Å²) >= 11 is 0. The molecule has 2 aromatic carbocycles. The van der Waals surface area contributed by atoms with Gasteiger partial charge in [-0.15, -0.1) is 0 Å². The largest absolute Gasteiger partial charge is 0.326 e. The van der Waals surface area contributed by atoms with Gasteiger partial charge in [-0.3, -0.25) is 9.59 Å². The second kappa shape index (κ2) is 7.07. The number of rotatable bonds is 5. The summed E-state index contributed by atoms with van der Waals surface area (Å²) in [4.78, 5) is 24.0. The Kier molecular flexibility index (Phi) is 4.46. The van der Waals surface area contributed by atoms with Gasteiger partial charge in [0, 0.05) is 24.2 Å². The van der Waals surface area contributed by atoms with Gasteiger partial charge >= 0.3 is 0 Å². The molecule has 6 heteroatoms. The van der Waals surface area contributed by atoms with Crippen LogP contribution in [0.15, 0.2) is 60.7 Å². The van der Waals surface area contributed by atoms with Gasteiger partial charge in [-0.05, 0) is 55.3 Å². The molecule has 1 aromatic heterocycles. The minimum absolute atomic E-state index is 0.133. The number of nitrogens with zero attached hydrogens (tertiary/aromatic N) is 2. The van der Waals surface area contributed by atoms with Crippen LogP contribution in [0.2, 0.25) is 0 Å². The van der Waals surface area contributed by atoms with E-state index in [0.29, 0.717) is 23.0 Å². The maximum Gasteiger partial charge on any atom is 0.274 e. The Morgan fingerprint density at radius 1 is 0.963 bits per heavy atom. The average Bonchev–Trinajstić information content (AvgIpc) is 3.42. The van der Waals surface area contributed by atoms with Gasteiger partial charge in [0.2, 0.25) is 5.91 Å². The number of carbonyl (C=O) groups excluding carboxylic acids is 2. The molecule has 0 bridgehead atoms. The molecule has 0 aliphatic heterocycles. The third kappa shape index (κ3) is 3.89. The first-order chi connectivity index (χ1) is 13.1. The molecule has 3 aromatic rings. The van der Waals surface area contributed by atoms with E-state index in [-0.39, 0.29) is 11.8 Å². The van der Waals surface area contributed by atoms with E-state index in [2.05, 4.69) is 15.7 Å². The van der Waals surface area contributed by atoms with Crippen molar-refractivity contribution >= 4 is 23.2 Å². The molecule has 0 unspecified atom stereocenters. The van der Waals surface area contributed by atoms with Crippen LogP contribution in [0.3, 0.4) is 0 Å². The fourth-order valence-electron chi connectivity index (χ4n) is 2.94. The molecule has 2 N–H and O–H groups in total. The third-order valence-electron chi connectivity index (χ3n) is 4.42. The first-order valence-corrected chi connectivity index (χ1v) is 8.94. The third-order valence-corrected chi connectivity index (χ3v) is 4.42. The number of hydrogen-bond acceptors (Lipinski definition) is 3. The van der Waals surface area contributed by atoms with Crippen LogP contribution in [0, 0.1) is 0 Å². The number of para-hydroxylation sites is 1. The van der Waals surface area contributed by atoms with Crippen LogP contribution in [0.25, 0.3) is 5.69 Å². The molecule has 0 spiro atoms. The van der Waals surface area contributed by atoms with Crippen molar-refractivity contribution in [3.05, 3.63) is 72.1 Å². The van der Waals surface area contributed by atoms with Gasteiger partial charge in [0.1, 0.15) is 5.69 Å². The SMILES string of the molecule is CC(=O)Nc1ccc(NC(=O)c2cc(C3CC3)nn2-c2ccccc2)cc1. The first kappa shape index (κ1) is 17.0. The molecule has 4 rings (SSSR count). The Morgan fingerprint density at radius 3 is 2.19 bits per heavy atom. The van der Waals surface area contributed by atoms with Gasteiger partial charge in [0.25, 0.3) is 5.91 Å². The van der Waals surface area contributed by atoms with Crippen molar-refractivity contribution in [2.75, 3.05) is 10.6 Å². The number of benzene rings is 2. The molecular formula is C21H20N4O2. The molecule has 27 heavy (non-hydrogen) atoms. The van der Waals surface area contributed by atoms with E-state index in [0.717, 1.165) is 24.2 Å². The van der Waals surface area contributed by atoms with E-state index in [9.17, 15) is 9.59 Å². The van der Waals surface area contributed by atoms with Crippen LogP contribution >= 0.6 is 0 Å². The lowest BCUT2D eigenvalue weighted by molar-refractivity contribution is -0.114. The van der Waals surface area contributed by atoms with Crippen molar-refractivity contribution < 1.29 is 9.59 Å². The summed E-state index contributed by atoms with van der Waals surface area (Å²) in [6.45, 7) is 1.46. The predicted octanol–water partition coefficient (Wildman–Crippen LogP) is 3.96. The monoisotopic (exact) mass is 360 g/mol. The highest BCUT2D eigenvalue weighted by Gasteiger charge is 2.29. The zero-order chi connectivity index (χ0) is 18.8. The van der Waals surface area contributed by atoms with E-state index < -0.39 is 0 Å². The van der Waals surface area contributed by atoms with Crippen LogP contribution in [0.1, 0.15) is 41.9 Å². The molecule has 1 fully saturated rings. The minimum Gasteiger partial charge on any atom is -0.326 e. The number of amides is 2. The van der Waals surface area contributed by atoms with Crippen LogP contribution in [0.5, 0.6) is 0 Å². The minimum atomic E-state index is -0.217. The molecule has 6 nitrogen and oxygen atoms in total. The molecule has 1 aliphatic carbocycles. The van der Waals surface area contributed by atoms with Crippen molar-refractivity contribution in [1.82, 2.24) is 9.78 Å². The Bertz CT molecular complexity index is 973. The first-order valence-electron chi connectivity index (χ1n) is 8.94. The van der Waals surface area contributed by atoms with E-state index >= 15 is 0 Å². The molecule has 1 heterocycles. The standard InChI is InChI=1S/C21H20N4O2/c1-14(26)22-16-9-11-17(12-10-16)23-21(27)20-13-19(15-7-8-15)24-25(20)18-5-3-2-4-6-18/h2-6,9-13,15H,7-8H2,1H3,(H,22,26)(H,23,27). The summed E-state index contributed by atoms with van der Waals surface area (Å²) in [6, 6.07) is 18.6. The van der Waals surface area contributed by atoms with Gasteiger partial charge < -0.3 is 10.6 Å². The summed E-state index contributed by atoms with van der Waals surface area (Å²) < 4.78 is 1.70. The number of nitrogens with one attached hydrogen (secondary N) is 2. The number of hydrogen-bond donors (Lipinski definition) is 2. The maximum absolute atomic E-state index is 12.9.